The lowest BCUT2D eigenvalue weighted by Crippen LogP contribution is -2.30. The Morgan fingerprint density at radius 1 is 1.30 bits per heavy atom. The molecular weight excluding hydrogens is 334 g/mol. The second-order valence-corrected chi connectivity index (χ2v) is 7.04. The van der Waals surface area contributed by atoms with E-state index in [1.165, 1.54) is 4.88 Å². The van der Waals surface area contributed by atoms with E-state index >= 15 is 0 Å². The fraction of sp³-hybridized carbons (Fsp3) is 0.353. The van der Waals surface area contributed by atoms with Crippen LogP contribution in [0, 0.1) is 0 Å². The first-order valence-electron chi connectivity index (χ1n) is 7.67. The molecule has 0 radical (unpaired) electrons. The first-order chi connectivity index (χ1) is 11.2. The lowest BCUT2D eigenvalue weighted by atomic mass is 10.1. The number of ether oxygens (including phenoxy) is 2. The molecule has 4 nitrogen and oxygen atoms in total. The molecule has 3 heterocycles. The second-order valence-electron chi connectivity index (χ2n) is 5.65. The van der Waals surface area contributed by atoms with Gasteiger partial charge in [0, 0.05) is 17.0 Å². The minimum absolute atomic E-state index is 0.000210. The summed E-state index contributed by atoms with van der Waals surface area (Å²) in [6, 6.07) is 7.71. The number of thiophene rings is 1. The molecule has 120 valence electrons. The number of amides is 1. The summed E-state index contributed by atoms with van der Waals surface area (Å²) in [5.41, 5.74) is 0.558. The first-order valence-corrected chi connectivity index (χ1v) is 8.93. The molecule has 0 N–H and O–H groups in total. The Balaban J connectivity index is 1.65. The fourth-order valence-corrected chi connectivity index (χ4v) is 4.33. The van der Waals surface area contributed by atoms with E-state index in [1.54, 1.807) is 23.5 Å². The van der Waals surface area contributed by atoms with Crippen molar-refractivity contribution in [1.82, 2.24) is 4.90 Å². The number of hydrogen-bond donors (Lipinski definition) is 0. The van der Waals surface area contributed by atoms with E-state index in [9.17, 15) is 4.79 Å². The summed E-state index contributed by atoms with van der Waals surface area (Å²) >= 11 is 7.96. The molecule has 1 unspecified atom stereocenters. The molecule has 1 saturated heterocycles. The zero-order chi connectivity index (χ0) is 15.8. The van der Waals surface area contributed by atoms with Crippen LogP contribution in [0.2, 0.25) is 5.02 Å². The number of fused-ring (bicyclic) bond motifs is 1. The van der Waals surface area contributed by atoms with Crippen LogP contribution in [0.4, 0.5) is 0 Å². The largest absolute Gasteiger partial charge is 0.486 e. The molecule has 0 saturated carbocycles. The van der Waals surface area contributed by atoms with E-state index in [-0.39, 0.29) is 11.9 Å². The van der Waals surface area contributed by atoms with Gasteiger partial charge in [0.15, 0.2) is 11.5 Å². The van der Waals surface area contributed by atoms with Crippen molar-refractivity contribution in [2.45, 2.75) is 18.9 Å². The van der Waals surface area contributed by atoms with E-state index in [2.05, 4.69) is 11.4 Å². The molecule has 2 aliphatic heterocycles. The second kappa shape index (κ2) is 6.06. The third-order valence-electron chi connectivity index (χ3n) is 4.23. The number of nitrogens with zero attached hydrogens (tertiary/aromatic N) is 1. The number of halogens is 1. The van der Waals surface area contributed by atoms with Crippen molar-refractivity contribution < 1.29 is 14.3 Å². The Morgan fingerprint density at radius 2 is 2.17 bits per heavy atom. The minimum atomic E-state index is -0.000210. The van der Waals surface area contributed by atoms with Gasteiger partial charge in [0.2, 0.25) is 0 Å². The summed E-state index contributed by atoms with van der Waals surface area (Å²) < 4.78 is 11.1. The Morgan fingerprint density at radius 3 is 3.00 bits per heavy atom. The molecule has 0 aliphatic carbocycles. The number of benzene rings is 1. The highest BCUT2D eigenvalue weighted by Gasteiger charge is 2.32. The molecule has 1 aromatic heterocycles. The maximum absolute atomic E-state index is 13.0. The van der Waals surface area contributed by atoms with Crippen LogP contribution in [0.5, 0.6) is 11.5 Å². The average molecular weight is 350 g/mol. The maximum atomic E-state index is 13.0. The van der Waals surface area contributed by atoms with E-state index < -0.39 is 0 Å². The maximum Gasteiger partial charge on any atom is 0.254 e. The van der Waals surface area contributed by atoms with Crippen molar-refractivity contribution in [3.05, 3.63) is 45.1 Å². The van der Waals surface area contributed by atoms with E-state index in [0.29, 0.717) is 35.3 Å². The molecule has 0 bridgehead atoms. The topological polar surface area (TPSA) is 38.8 Å². The van der Waals surface area contributed by atoms with Crippen LogP contribution >= 0.6 is 22.9 Å². The fourth-order valence-electron chi connectivity index (χ4n) is 3.19. The predicted molar refractivity (Wildman–Crippen MR) is 89.8 cm³/mol. The van der Waals surface area contributed by atoms with Gasteiger partial charge in [-0.2, -0.15) is 0 Å². The summed E-state index contributed by atoms with van der Waals surface area (Å²) in [5, 5.41) is 2.48. The molecule has 1 amide bonds. The first kappa shape index (κ1) is 14.8. The summed E-state index contributed by atoms with van der Waals surface area (Å²) in [6.07, 6.45) is 2.02. The highest BCUT2D eigenvalue weighted by Crippen LogP contribution is 2.40. The third-order valence-corrected chi connectivity index (χ3v) is 5.48. The number of hydrogen-bond acceptors (Lipinski definition) is 4. The number of likely N-dealkylation sites (tertiary alicyclic amines) is 1. The Kier molecular flexibility index (Phi) is 3.91. The van der Waals surface area contributed by atoms with Crippen LogP contribution in [0.15, 0.2) is 29.6 Å². The van der Waals surface area contributed by atoms with Crippen molar-refractivity contribution >= 4 is 28.8 Å². The van der Waals surface area contributed by atoms with Gasteiger partial charge in [-0.25, -0.2) is 0 Å². The Labute approximate surface area is 143 Å². The molecule has 1 fully saturated rings. The average Bonchev–Trinajstić information content (AvgIpc) is 3.25. The zero-order valence-electron chi connectivity index (χ0n) is 12.5. The molecule has 2 aromatic rings. The van der Waals surface area contributed by atoms with Crippen LogP contribution in [0.1, 0.15) is 34.1 Å². The molecular formula is C17H16ClNO3S. The zero-order valence-corrected chi connectivity index (χ0v) is 14.0. The summed E-state index contributed by atoms with van der Waals surface area (Å²) in [4.78, 5) is 16.1. The number of rotatable bonds is 2. The number of carbonyl (C=O) groups excluding carboxylic acids is 1. The predicted octanol–water partition coefficient (Wildman–Crippen LogP) is 4.15. The molecule has 0 spiro atoms. The summed E-state index contributed by atoms with van der Waals surface area (Å²) in [5.74, 6) is 1.09. The van der Waals surface area contributed by atoms with Gasteiger partial charge in [0.25, 0.3) is 5.91 Å². The summed E-state index contributed by atoms with van der Waals surface area (Å²) in [6.45, 7) is 1.72. The lowest BCUT2D eigenvalue weighted by Gasteiger charge is -2.25. The normalized spacial score (nSPS) is 19.9. The Bertz CT molecular complexity index is 732. The molecule has 2 aliphatic rings. The molecule has 23 heavy (non-hydrogen) atoms. The lowest BCUT2D eigenvalue weighted by molar-refractivity contribution is 0.0736. The van der Waals surface area contributed by atoms with Crippen molar-refractivity contribution in [3.8, 4) is 11.5 Å². The van der Waals surface area contributed by atoms with Gasteiger partial charge in [-0.1, -0.05) is 17.7 Å². The van der Waals surface area contributed by atoms with Crippen LogP contribution in [-0.2, 0) is 0 Å². The van der Waals surface area contributed by atoms with E-state index in [4.69, 9.17) is 21.1 Å². The molecule has 4 rings (SSSR count). The van der Waals surface area contributed by atoms with Gasteiger partial charge in [-0.3, -0.25) is 4.79 Å². The van der Waals surface area contributed by atoms with Gasteiger partial charge in [-0.15, -0.1) is 11.3 Å². The number of carbonyl (C=O) groups is 1. The smallest absolute Gasteiger partial charge is 0.254 e. The van der Waals surface area contributed by atoms with Gasteiger partial charge >= 0.3 is 0 Å². The molecule has 6 heteroatoms. The van der Waals surface area contributed by atoms with Crippen molar-refractivity contribution in [1.29, 1.82) is 0 Å². The highest BCUT2D eigenvalue weighted by molar-refractivity contribution is 7.10. The Hall–Kier alpha value is -1.72. The molecule has 1 aromatic carbocycles. The van der Waals surface area contributed by atoms with Gasteiger partial charge < -0.3 is 14.4 Å². The van der Waals surface area contributed by atoms with Crippen molar-refractivity contribution in [2.24, 2.45) is 0 Å². The standard InChI is InChI=1S/C17H16ClNO3S/c18-12-9-11(10-14-16(12)22-7-6-21-14)17(20)19-5-1-3-13(19)15-4-2-8-23-15/h2,4,8-10,13H,1,3,5-7H2. The third kappa shape index (κ3) is 2.68. The van der Waals surface area contributed by atoms with Crippen LogP contribution in [-0.4, -0.2) is 30.6 Å². The van der Waals surface area contributed by atoms with Gasteiger partial charge in [0.1, 0.15) is 13.2 Å². The van der Waals surface area contributed by atoms with Crippen LogP contribution < -0.4 is 9.47 Å². The van der Waals surface area contributed by atoms with Gasteiger partial charge in [0.05, 0.1) is 11.1 Å². The van der Waals surface area contributed by atoms with Crippen molar-refractivity contribution in [2.75, 3.05) is 19.8 Å². The summed E-state index contributed by atoms with van der Waals surface area (Å²) in [7, 11) is 0. The van der Waals surface area contributed by atoms with Gasteiger partial charge in [-0.05, 0) is 36.4 Å². The van der Waals surface area contributed by atoms with E-state index in [1.807, 2.05) is 11.0 Å². The monoisotopic (exact) mass is 349 g/mol. The minimum Gasteiger partial charge on any atom is -0.486 e. The highest BCUT2D eigenvalue weighted by atomic mass is 35.5. The molecule has 1 atom stereocenters. The van der Waals surface area contributed by atoms with Crippen molar-refractivity contribution in [3.63, 3.8) is 0 Å². The van der Waals surface area contributed by atoms with E-state index in [0.717, 1.165) is 19.4 Å². The SMILES string of the molecule is O=C(c1cc(Cl)c2c(c1)OCCO2)N1CCCC1c1cccs1. The van der Waals surface area contributed by atoms with Crippen LogP contribution in [0.25, 0.3) is 0 Å². The van der Waals surface area contributed by atoms with Crippen LogP contribution in [0.3, 0.4) is 0 Å². The quantitative estimate of drug-likeness (QED) is 0.817.